The molecule has 0 unspecified atom stereocenters. The van der Waals surface area contributed by atoms with Crippen LogP contribution >= 0.6 is 11.6 Å². The van der Waals surface area contributed by atoms with Crippen molar-refractivity contribution in [2.75, 3.05) is 12.1 Å². The number of hydrogen-bond donors (Lipinski definition) is 0. The van der Waals surface area contributed by atoms with E-state index in [9.17, 15) is 0 Å². The van der Waals surface area contributed by atoms with Gasteiger partial charge in [0.05, 0.1) is 0 Å². The summed E-state index contributed by atoms with van der Waals surface area (Å²) in [5.41, 5.74) is 0.694. The van der Waals surface area contributed by atoms with E-state index in [1.807, 2.05) is 0 Å². The molecule has 0 aromatic rings. The molecule has 0 saturated carbocycles. The molecule has 10 heavy (non-hydrogen) atoms. The normalized spacial score (nSPS) is 12.6. The van der Waals surface area contributed by atoms with Crippen molar-refractivity contribution in [1.29, 1.82) is 0 Å². The Balaban J connectivity index is 3.46. The molecule has 0 bridgehead atoms. The van der Waals surface area contributed by atoms with Crippen LogP contribution in [-0.4, -0.2) is 20.4 Å². The van der Waals surface area contributed by atoms with Crippen LogP contribution in [0.5, 0.6) is 0 Å². The molecule has 0 amide bonds. The van der Waals surface area contributed by atoms with Crippen molar-refractivity contribution in [1.82, 2.24) is 0 Å². The first-order chi connectivity index (χ1) is 4.48. The molecule has 0 aliphatic carbocycles. The fourth-order valence-corrected chi connectivity index (χ4v) is 1.52. The molecular formula is C7H17ClOSi. The van der Waals surface area contributed by atoms with E-state index in [0.717, 1.165) is 6.61 Å². The minimum Gasteiger partial charge on any atom is -0.416 e. The third-order valence-corrected chi connectivity index (χ3v) is 4.65. The van der Waals surface area contributed by atoms with E-state index in [1.165, 1.54) is 0 Å². The van der Waals surface area contributed by atoms with Crippen LogP contribution in [0.25, 0.3) is 0 Å². The molecule has 3 heteroatoms. The Labute approximate surface area is 69.9 Å². The average Bonchev–Trinajstić information content (AvgIpc) is 1.85. The number of alkyl halides is 1. The van der Waals surface area contributed by atoms with Gasteiger partial charge >= 0.3 is 0 Å². The van der Waals surface area contributed by atoms with E-state index >= 15 is 0 Å². The van der Waals surface area contributed by atoms with Crippen LogP contribution in [0, 0.1) is 5.92 Å². The van der Waals surface area contributed by atoms with Gasteiger partial charge in [0.1, 0.15) is 0 Å². The van der Waals surface area contributed by atoms with Crippen LogP contribution in [0.3, 0.4) is 0 Å². The van der Waals surface area contributed by atoms with E-state index in [4.69, 9.17) is 16.0 Å². The highest BCUT2D eigenvalue weighted by molar-refractivity contribution is 6.77. The minimum atomic E-state index is -1.47. The second-order valence-corrected chi connectivity index (χ2v) is 8.48. The predicted molar refractivity (Wildman–Crippen MR) is 49.0 cm³/mol. The maximum atomic E-state index is 5.71. The van der Waals surface area contributed by atoms with Crippen molar-refractivity contribution in [2.45, 2.75) is 26.9 Å². The molecule has 0 aromatic heterocycles. The summed E-state index contributed by atoms with van der Waals surface area (Å²) in [6.07, 6.45) is 0. The van der Waals surface area contributed by atoms with Gasteiger partial charge in [-0.15, -0.1) is 11.6 Å². The van der Waals surface area contributed by atoms with E-state index in [-0.39, 0.29) is 0 Å². The Bertz CT molecular complexity index is 93.6. The molecule has 0 aliphatic rings. The van der Waals surface area contributed by atoms with Crippen molar-refractivity contribution in [3.8, 4) is 0 Å². The van der Waals surface area contributed by atoms with Crippen LogP contribution in [-0.2, 0) is 4.43 Å². The summed E-state index contributed by atoms with van der Waals surface area (Å²) in [5.74, 6) is 0.620. The molecule has 0 N–H and O–H groups in total. The standard InChI is InChI=1S/C7H17ClOSi/c1-7(2)5-9-10(3,4)6-8/h7H,5-6H2,1-4H3. The lowest BCUT2D eigenvalue weighted by molar-refractivity contribution is 0.264. The van der Waals surface area contributed by atoms with Gasteiger partial charge in [-0.3, -0.25) is 0 Å². The molecule has 0 radical (unpaired) electrons. The van der Waals surface area contributed by atoms with Gasteiger partial charge in [-0.2, -0.15) is 0 Å². The van der Waals surface area contributed by atoms with Gasteiger partial charge in [-0.25, -0.2) is 0 Å². The van der Waals surface area contributed by atoms with E-state index in [0.29, 0.717) is 11.4 Å². The van der Waals surface area contributed by atoms with Gasteiger partial charge in [0.2, 0.25) is 8.32 Å². The molecule has 0 rings (SSSR count). The minimum absolute atomic E-state index is 0.620. The molecule has 1 nitrogen and oxygen atoms in total. The first-order valence-corrected chi connectivity index (χ1v) is 7.33. The first-order valence-electron chi connectivity index (χ1n) is 3.68. The van der Waals surface area contributed by atoms with Gasteiger partial charge in [-0.1, -0.05) is 13.8 Å². The highest BCUT2D eigenvalue weighted by atomic mass is 35.5. The van der Waals surface area contributed by atoms with Crippen molar-refractivity contribution < 1.29 is 4.43 Å². The Hall–Kier alpha value is 0.467. The zero-order valence-electron chi connectivity index (χ0n) is 7.28. The summed E-state index contributed by atoms with van der Waals surface area (Å²) in [5, 5.41) is 0. The quantitative estimate of drug-likeness (QED) is 0.478. The summed E-state index contributed by atoms with van der Waals surface area (Å²) in [7, 11) is -1.47. The molecule has 0 aromatic carbocycles. The van der Waals surface area contributed by atoms with Gasteiger partial charge in [0, 0.05) is 12.1 Å². The molecule has 0 saturated heterocycles. The van der Waals surface area contributed by atoms with E-state index < -0.39 is 8.32 Å². The molecule has 0 spiro atoms. The maximum absolute atomic E-state index is 5.71. The lowest BCUT2D eigenvalue weighted by Crippen LogP contribution is -2.34. The summed E-state index contributed by atoms with van der Waals surface area (Å²) >= 11 is 5.71. The smallest absolute Gasteiger partial charge is 0.201 e. The van der Waals surface area contributed by atoms with Gasteiger partial charge in [-0.05, 0) is 19.0 Å². The van der Waals surface area contributed by atoms with Crippen molar-refractivity contribution >= 4 is 19.9 Å². The first kappa shape index (κ1) is 10.5. The van der Waals surface area contributed by atoms with Crippen LogP contribution in [0.4, 0.5) is 0 Å². The number of hydrogen-bond acceptors (Lipinski definition) is 1. The average molecular weight is 181 g/mol. The largest absolute Gasteiger partial charge is 0.416 e. The molecule has 0 atom stereocenters. The SMILES string of the molecule is CC(C)CO[Si](C)(C)CCl. The lowest BCUT2D eigenvalue weighted by Gasteiger charge is -2.20. The third kappa shape index (κ3) is 5.27. The van der Waals surface area contributed by atoms with Crippen molar-refractivity contribution in [2.24, 2.45) is 5.92 Å². The number of halogens is 1. The lowest BCUT2D eigenvalue weighted by atomic mass is 10.2. The molecule has 0 heterocycles. The number of rotatable bonds is 4. The summed E-state index contributed by atoms with van der Waals surface area (Å²) in [6, 6.07) is 0. The molecule has 0 aliphatic heterocycles. The summed E-state index contributed by atoms with van der Waals surface area (Å²) in [4.78, 5) is 0. The van der Waals surface area contributed by atoms with Gasteiger partial charge in [0.25, 0.3) is 0 Å². The maximum Gasteiger partial charge on any atom is 0.201 e. The molecule has 0 fully saturated rings. The Morgan fingerprint density at radius 3 is 2.20 bits per heavy atom. The van der Waals surface area contributed by atoms with Crippen LogP contribution in [0.1, 0.15) is 13.8 Å². The van der Waals surface area contributed by atoms with Gasteiger partial charge in [0.15, 0.2) is 0 Å². The topological polar surface area (TPSA) is 9.23 Å². The molecular weight excluding hydrogens is 164 g/mol. The monoisotopic (exact) mass is 180 g/mol. The van der Waals surface area contributed by atoms with Gasteiger partial charge < -0.3 is 4.43 Å². The van der Waals surface area contributed by atoms with Crippen LogP contribution < -0.4 is 0 Å². The zero-order chi connectivity index (χ0) is 8.20. The third-order valence-electron chi connectivity index (χ3n) is 1.13. The second kappa shape index (κ2) is 4.37. The second-order valence-electron chi connectivity index (χ2n) is 3.60. The predicted octanol–water partition coefficient (Wildman–Crippen LogP) is 2.64. The molecule has 62 valence electrons. The van der Waals surface area contributed by atoms with Crippen LogP contribution in [0.2, 0.25) is 13.1 Å². The van der Waals surface area contributed by atoms with Crippen LogP contribution in [0.15, 0.2) is 0 Å². The van der Waals surface area contributed by atoms with Crippen molar-refractivity contribution in [3.05, 3.63) is 0 Å². The zero-order valence-corrected chi connectivity index (χ0v) is 9.03. The highest BCUT2D eigenvalue weighted by Crippen LogP contribution is 2.08. The summed E-state index contributed by atoms with van der Waals surface area (Å²) < 4.78 is 5.65. The van der Waals surface area contributed by atoms with Crippen molar-refractivity contribution in [3.63, 3.8) is 0 Å². The Kier molecular flexibility index (Phi) is 4.57. The summed E-state index contributed by atoms with van der Waals surface area (Å²) in [6.45, 7) is 9.44. The fraction of sp³-hybridized carbons (Fsp3) is 1.00. The van der Waals surface area contributed by atoms with E-state index in [2.05, 4.69) is 26.9 Å². The highest BCUT2D eigenvalue weighted by Gasteiger charge is 2.20. The Morgan fingerprint density at radius 2 is 1.90 bits per heavy atom. The fourth-order valence-electron chi connectivity index (χ4n) is 0.431. The van der Waals surface area contributed by atoms with E-state index in [1.54, 1.807) is 0 Å². The Morgan fingerprint density at radius 1 is 1.40 bits per heavy atom.